The highest BCUT2D eigenvalue weighted by atomic mass is 16.2. The number of aromatic nitrogens is 5. The van der Waals surface area contributed by atoms with Crippen LogP contribution in [-0.2, 0) is 30.7 Å². The Morgan fingerprint density at radius 3 is 2.92 bits per heavy atom. The van der Waals surface area contributed by atoms with E-state index in [0.29, 0.717) is 13.1 Å². The van der Waals surface area contributed by atoms with E-state index in [1.165, 1.54) is 4.68 Å². The molecule has 3 aromatic rings. The minimum absolute atomic E-state index is 0.0903. The Morgan fingerprint density at radius 1 is 1.15 bits per heavy atom. The Bertz CT molecular complexity index is 1010. The van der Waals surface area contributed by atoms with Gasteiger partial charge in [-0.3, -0.25) is 9.59 Å². The number of carbonyl (C=O) groups is 1. The predicted octanol–water partition coefficient (Wildman–Crippen LogP) is 0.683. The van der Waals surface area contributed by atoms with Crippen LogP contribution in [0, 0.1) is 0 Å². The summed E-state index contributed by atoms with van der Waals surface area (Å²) < 4.78 is 3.00. The number of amides is 1. The van der Waals surface area contributed by atoms with Gasteiger partial charge in [0.25, 0.3) is 5.56 Å². The monoisotopic (exact) mass is 352 g/mol. The molecule has 8 nitrogen and oxygen atoms in total. The van der Waals surface area contributed by atoms with Crippen molar-refractivity contribution in [3.8, 4) is 0 Å². The van der Waals surface area contributed by atoms with E-state index in [2.05, 4.69) is 20.7 Å². The van der Waals surface area contributed by atoms with Crippen LogP contribution in [0.15, 0.2) is 35.1 Å². The van der Waals surface area contributed by atoms with Gasteiger partial charge < -0.3 is 5.32 Å². The number of hydrogen-bond donors (Lipinski definition) is 1. The van der Waals surface area contributed by atoms with E-state index in [0.717, 1.165) is 48.0 Å². The molecule has 4 rings (SSSR count). The molecule has 0 fully saturated rings. The van der Waals surface area contributed by atoms with E-state index in [1.54, 1.807) is 10.7 Å². The fourth-order valence-corrected chi connectivity index (χ4v) is 3.29. The lowest BCUT2D eigenvalue weighted by molar-refractivity contribution is -0.121. The maximum Gasteiger partial charge on any atom is 0.267 e. The molecule has 1 amide bonds. The fraction of sp³-hybridized carbons (Fsp3) is 0.389. The van der Waals surface area contributed by atoms with Gasteiger partial charge >= 0.3 is 0 Å². The lowest BCUT2D eigenvalue weighted by Crippen LogP contribution is -2.34. The third-order valence-corrected chi connectivity index (χ3v) is 4.63. The van der Waals surface area contributed by atoms with Crippen molar-refractivity contribution < 1.29 is 4.79 Å². The molecule has 8 heteroatoms. The average molecular weight is 352 g/mol. The molecule has 0 spiro atoms. The molecular formula is C18H20N6O2. The lowest BCUT2D eigenvalue weighted by atomic mass is 9.97. The Hall–Kier alpha value is -3.03. The topological polar surface area (TPSA) is 94.7 Å². The first-order valence-corrected chi connectivity index (χ1v) is 8.85. The molecule has 2 heterocycles. The molecule has 0 radical (unpaired) electrons. The third-order valence-electron chi connectivity index (χ3n) is 4.63. The highest BCUT2D eigenvalue weighted by molar-refractivity contribution is 5.79. The van der Waals surface area contributed by atoms with Crippen molar-refractivity contribution in [2.75, 3.05) is 6.54 Å². The number of hydrogen-bond acceptors (Lipinski definition) is 5. The zero-order valence-electron chi connectivity index (χ0n) is 14.4. The summed E-state index contributed by atoms with van der Waals surface area (Å²) in [7, 11) is 0. The quantitative estimate of drug-likeness (QED) is 0.729. The Labute approximate surface area is 149 Å². The predicted molar refractivity (Wildman–Crippen MR) is 95.7 cm³/mol. The summed E-state index contributed by atoms with van der Waals surface area (Å²) in [5.41, 5.74) is 3.54. The number of nitrogens with one attached hydrogen (secondary N) is 1. The smallest absolute Gasteiger partial charge is 0.267 e. The number of benzene rings is 1. The maximum absolute atomic E-state index is 12.2. The van der Waals surface area contributed by atoms with Gasteiger partial charge in [0.2, 0.25) is 5.91 Å². The minimum atomic E-state index is -0.174. The van der Waals surface area contributed by atoms with Crippen LogP contribution >= 0.6 is 0 Å². The molecule has 0 bridgehead atoms. The average Bonchev–Trinajstić information content (AvgIpc) is 3.05. The van der Waals surface area contributed by atoms with Crippen molar-refractivity contribution in [2.24, 2.45) is 0 Å². The van der Waals surface area contributed by atoms with Gasteiger partial charge in [-0.1, -0.05) is 17.3 Å². The second-order valence-electron chi connectivity index (χ2n) is 6.47. The van der Waals surface area contributed by atoms with E-state index >= 15 is 0 Å². The van der Waals surface area contributed by atoms with Crippen molar-refractivity contribution in [1.82, 2.24) is 30.1 Å². The van der Waals surface area contributed by atoms with E-state index in [4.69, 9.17) is 0 Å². The van der Waals surface area contributed by atoms with Crippen molar-refractivity contribution in [3.63, 3.8) is 0 Å². The van der Waals surface area contributed by atoms with Gasteiger partial charge in [-0.2, -0.15) is 5.10 Å². The van der Waals surface area contributed by atoms with Gasteiger partial charge in [0.05, 0.1) is 17.8 Å². The minimum Gasteiger partial charge on any atom is -0.353 e. The summed E-state index contributed by atoms with van der Waals surface area (Å²) in [6.07, 6.45) is 4.08. The van der Waals surface area contributed by atoms with Gasteiger partial charge in [-0.05, 0) is 43.4 Å². The Morgan fingerprint density at radius 2 is 2.00 bits per heavy atom. The standard InChI is InChI=1S/C18H20N6O2/c25-17(12-24-16-8-4-3-7-15(16)20-22-24)19-9-10-23-18(26)11-13-5-1-2-6-14(13)21-23/h3-4,7-8,11H,1-2,5-6,9-10,12H2,(H,19,25). The second-order valence-corrected chi connectivity index (χ2v) is 6.47. The molecule has 1 N–H and O–H groups in total. The zero-order valence-corrected chi connectivity index (χ0v) is 14.4. The first-order valence-electron chi connectivity index (χ1n) is 8.85. The summed E-state index contributed by atoms with van der Waals surface area (Å²) in [4.78, 5) is 24.3. The Kier molecular flexibility index (Phi) is 4.47. The van der Waals surface area contributed by atoms with Crippen LogP contribution in [0.2, 0.25) is 0 Å². The van der Waals surface area contributed by atoms with Crippen LogP contribution in [0.5, 0.6) is 0 Å². The summed E-state index contributed by atoms with van der Waals surface area (Å²) in [5.74, 6) is -0.174. The van der Waals surface area contributed by atoms with Crippen molar-refractivity contribution in [1.29, 1.82) is 0 Å². The molecule has 1 aromatic carbocycles. The number of fused-ring (bicyclic) bond motifs is 2. The van der Waals surface area contributed by atoms with Crippen molar-refractivity contribution >= 4 is 16.9 Å². The van der Waals surface area contributed by atoms with Crippen LogP contribution in [0.25, 0.3) is 11.0 Å². The van der Waals surface area contributed by atoms with Gasteiger partial charge in [-0.15, -0.1) is 5.10 Å². The first kappa shape index (κ1) is 16.4. The van der Waals surface area contributed by atoms with Crippen LogP contribution in [0.1, 0.15) is 24.1 Å². The van der Waals surface area contributed by atoms with Gasteiger partial charge in [0.15, 0.2) is 0 Å². The fourth-order valence-electron chi connectivity index (χ4n) is 3.29. The van der Waals surface area contributed by atoms with E-state index in [1.807, 2.05) is 24.3 Å². The van der Waals surface area contributed by atoms with Gasteiger partial charge in [0, 0.05) is 12.6 Å². The molecule has 2 aromatic heterocycles. The van der Waals surface area contributed by atoms with Crippen LogP contribution < -0.4 is 10.9 Å². The number of rotatable bonds is 5. The number of nitrogens with zero attached hydrogens (tertiary/aromatic N) is 5. The molecule has 0 saturated heterocycles. The molecular weight excluding hydrogens is 332 g/mol. The molecule has 1 aliphatic carbocycles. The zero-order chi connectivity index (χ0) is 17.9. The lowest BCUT2D eigenvalue weighted by Gasteiger charge is -2.16. The maximum atomic E-state index is 12.2. The Balaban J connectivity index is 1.36. The molecule has 26 heavy (non-hydrogen) atoms. The van der Waals surface area contributed by atoms with Crippen LogP contribution in [-0.4, -0.2) is 37.2 Å². The van der Waals surface area contributed by atoms with Crippen molar-refractivity contribution in [3.05, 3.63) is 51.9 Å². The molecule has 0 unspecified atom stereocenters. The molecule has 0 atom stereocenters. The molecule has 0 saturated carbocycles. The third kappa shape index (κ3) is 3.35. The molecule has 1 aliphatic rings. The first-order chi connectivity index (χ1) is 12.7. The number of aryl methyl sites for hydroxylation is 2. The van der Waals surface area contributed by atoms with E-state index in [9.17, 15) is 9.59 Å². The summed E-state index contributed by atoms with van der Waals surface area (Å²) in [5, 5.41) is 15.3. The van der Waals surface area contributed by atoms with Crippen LogP contribution in [0.4, 0.5) is 0 Å². The normalized spacial score (nSPS) is 13.5. The van der Waals surface area contributed by atoms with Gasteiger partial charge in [-0.25, -0.2) is 9.36 Å². The SMILES string of the molecule is O=C(Cn1nnc2ccccc21)NCCn1nc2c(cc1=O)CCCC2. The molecule has 0 aliphatic heterocycles. The highest BCUT2D eigenvalue weighted by Crippen LogP contribution is 2.16. The van der Waals surface area contributed by atoms with Crippen molar-refractivity contribution in [2.45, 2.75) is 38.8 Å². The largest absolute Gasteiger partial charge is 0.353 e. The van der Waals surface area contributed by atoms with Crippen LogP contribution in [0.3, 0.4) is 0 Å². The van der Waals surface area contributed by atoms with E-state index < -0.39 is 0 Å². The second kappa shape index (κ2) is 7.07. The number of para-hydroxylation sites is 1. The number of carbonyl (C=O) groups excluding carboxylic acids is 1. The van der Waals surface area contributed by atoms with E-state index in [-0.39, 0.29) is 18.0 Å². The highest BCUT2D eigenvalue weighted by Gasteiger charge is 2.13. The summed E-state index contributed by atoms with van der Waals surface area (Å²) in [6.45, 7) is 0.792. The summed E-state index contributed by atoms with van der Waals surface area (Å²) in [6, 6.07) is 9.17. The summed E-state index contributed by atoms with van der Waals surface area (Å²) >= 11 is 0. The molecule has 134 valence electrons. The van der Waals surface area contributed by atoms with Gasteiger partial charge in [0.1, 0.15) is 12.1 Å².